The molecule has 0 bridgehead atoms. The number of aryl methyl sites for hydroxylation is 1. The third kappa shape index (κ3) is 6.61. The molecule has 0 atom stereocenters. The average Bonchev–Trinajstić information content (AvgIpc) is 2.54. The molecule has 2 aromatic rings. The van der Waals surface area contributed by atoms with Gasteiger partial charge < -0.3 is 5.32 Å². The van der Waals surface area contributed by atoms with Crippen molar-refractivity contribution in [3.05, 3.63) is 60.2 Å². The van der Waals surface area contributed by atoms with Crippen LogP contribution in [0.2, 0.25) is 0 Å². The summed E-state index contributed by atoms with van der Waals surface area (Å²) >= 11 is 0. The second kappa shape index (κ2) is 8.46. The van der Waals surface area contributed by atoms with Crippen molar-refractivity contribution in [1.82, 2.24) is 0 Å². The van der Waals surface area contributed by atoms with Crippen molar-refractivity contribution < 1.29 is 21.6 Å². The summed E-state index contributed by atoms with van der Waals surface area (Å²) in [6.07, 6.45) is 2.12. The minimum Gasteiger partial charge on any atom is -0.325 e. The van der Waals surface area contributed by atoms with Crippen LogP contribution in [-0.4, -0.2) is 40.5 Å². The van der Waals surface area contributed by atoms with Crippen LogP contribution in [0.15, 0.2) is 59.5 Å². The molecular formula is C18H21NO5S2. The second-order valence-electron chi connectivity index (χ2n) is 6.03. The number of hydrogen-bond acceptors (Lipinski definition) is 5. The summed E-state index contributed by atoms with van der Waals surface area (Å²) in [6, 6.07) is 15.2. The van der Waals surface area contributed by atoms with Gasteiger partial charge in [0.2, 0.25) is 5.91 Å². The summed E-state index contributed by atoms with van der Waals surface area (Å²) in [5, 5.41) is 2.44. The lowest BCUT2D eigenvalue weighted by Crippen LogP contribution is -2.25. The molecule has 0 heterocycles. The molecule has 0 saturated carbocycles. The van der Waals surface area contributed by atoms with Crippen molar-refractivity contribution in [2.24, 2.45) is 0 Å². The van der Waals surface area contributed by atoms with E-state index >= 15 is 0 Å². The van der Waals surface area contributed by atoms with Gasteiger partial charge in [-0.05, 0) is 36.6 Å². The van der Waals surface area contributed by atoms with Crippen molar-refractivity contribution in [3.63, 3.8) is 0 Å². The van der Waals surface area contributed by atoms with E-state index in [1.54, 1.807) is 0 Å². The number of nitrogens with one attached hydrogen (secondary N) is 1. The SMILES string of the molecule is CS(=O)(=O)c1cccc(NC(=O)CS(=O)(=O)CCCc2ccccc2)c1. The molecule has 0 aliphatic heterocycles. The number of sulfone groups is 2. The van der Waals surface area contributed by atoms with Crippen LogP contribution in [0.1, 0.15) is 12.0 Å². The standard InChI is InChI=1S/C18H21NO5S2/c1-25(21,22)17-11-5-10-16(13-17)19-18(20)14-26(23,24)12-6-9-15-7-3-2-4-8-15/h2-5,7-8,10-11,13H,6,9,12,14H2,1H3,(H,19,20). The average molecular weight is 396 g/mol. The van der Waals surface area contributed by atoms with E-state index in [2.05, 4.69) is 5.32 Å². The van der Waals surface area contributed by atoms with E-state index in [9.17, 15) is 21.6 Å². The number of rotatable bonds is 8. The van der Waals surface area contributed by atoms with Crippen LogP contribution < -0.4 is 5.32 Å². The monoisotopic (exact) mass is 395 g/mol. The predicted octanol–water partition coefficient (Wildman–Crippen LogP) is 2.08. The minimum atomic E-state index is -3.54. The molecule has 6 nitrogen and oxygen atoms in total. The summed E-state index contributed by atoms with van der Waals surface area (Å²) in [6.45, 7) is 0. The zero-order valence-corrected chi connectivity index (χ0v) is 16.0. The second-order valence-corrected chi connectivity index (χ2v) is 10.2. The normalized spacial score (nSPS) is 11.9. The summed E-state index contributed by atoms with van der Waals surface area (Å²) in [5.41, 5.74) is 1.29. The molecule has 1 amide bonds. The Morgan fingerprint density at radius 1 is 0.962 bits per heavy atom. The molecule has 26 heavy (non-hydrogen) atoms. The number of benzene rings is 2. The van der Waals surface area contributed by atoms with Crippen molar-refractivity contribution in [1.29, 1.82) is 0 Å². The third-order valence-electron chi connectivity index (χ3n) is 3.66. The molecule has 0 fully saturated rings. The van der Waals surface area contributed by atoms with Gasteiger partial charge in [0.1, 0.15) is 5.75 Å². The Hall–Kier alpha value is -2.19. The fraction of sp³-hybridized carbons (Fsp3) is 0.278. The van der Waals surface area contributed by atoms with Gasteiger partial charge in [-0.3, -0.25) is 4.79 Å². The molecule has 0 aromatic heterocycles. The van der Waals surface area contributed by atoms with Crippen LogP contribution in [0.5, 0.6) is 0 Å². The lowest BCUT2D eigenvalue weighted by Gasteiger charge is -2.08. The number of amides is 1. The van der Waals surface area contributed by atoms with E-state index in [1.807, 2.05) is 30.3 Å². The zero-order chi connectivity index (χ0) is 19.2. The quantitative estimate of drug-likeness (QED) is 0.738. The van der Waals surface area contributed by atoms with Crippen LogP contribution in [0.3, 0.4) is 0 Å². The predicted molar refractivity (Wildman–Crippen MR) is 102 cm³/mol. The van der Waals surface area contributed by atoms with Crippen molar-refractivity contribution >= 4 is 31.3 Å². The van der Waals surface area contributed by atoms with Crippen molar-refractivity contribution in [2.75, 3.05) is 23.1 Å². The highest BCUT2D eigenvalue weighted by Crippen LogP contribution is 2.15. The van der Waals surface area contributed by atoms with Gasteiger partial charge in [0, 0.05) is 11.9 Å². The van der Waals surface area contributed by atoms with E-state index in [0.29, 0.717) is 12.8 Å². The number of carbonyl (C=O) groups is 1. The Kier molecular flexibility index (Phi) is 6.55. The number of hydrogen-bond donors (Lipinski definition) is 1. The maximum Gasteiger partial charge on any atom is 0.239 e. The Balaban J connectivity index is 1.90. The van der Waals surface area contributed by atoms with Gasteiger partial charge in [-0.1, -0.05) is 36.4 Å². The van der Waals surface area contributed by atoms with E-state index in [4.69, 9.17) is 0 Å². The molecule has 0 unspecified atom stereocenters. The molecule has 0 radical (unpaired) electrons. The Morgan fingerprint density at radius 2 is 1.65 bits per heavy atom. The number of carbonyl (C=O) groups excluding carboxylic acids is 1. The first-order valence-corrected chi connectivity index (χ1v) is 11.7. The third-order valence-corrected chi connectivity index (χ3v) is 6.38. The summed E-state index contributed by atoms with van der Waals surface area (Å²) in [5.74, 6) is -1.40. The minimum absolute atomic E-state index is 0.0565. The highest BCUT2D eigenvalue weighted by atomic mass is 32.2. The molecule has 0 spiro atoms. The van der Waals surface area contributed by atoms with E-state index < -0.39 is 31.3 Å². The van der Waals surface area contributed by atoms with E-state index in [1.165, 1.54) is 24.3 Å². The molecular weight excluding hydrogens is 374 g/mol. The van der Waals surface area contributed by atoms with Crippen LogP contribution in [0.4, 0.5) is 5.69 Å². The molecule has 1 N–H and O–H groups in total. The van der Waals surface area contributed by atoms with Gasteiger partial charge in [-0.2, -0.15) is 0 Å². The Morgan fingerprint density at radius 3 is 2.31 bits per heavy atom. The van der Waals surface area contributed by atoms with Gasteiger partial charge in [0.25, 0.3) is 0 Å². The Bertz CT molecular complexity index is 968. The van der Waals surface area contributed by atoms with Gasteiger partial charge in [0.05, 0.1) is 10.6 Å². The van der Waals surface area contributed by atoms with Crippen molar-refractivity contribution in [3.8, 4) is 0 Å². The fourth-order valence-electron chi connectivity index (χ4n) is 2.41. The van der Waals surface area contributed by atoms with E-state index in [0.717, 1.165) is 11.8 Å². The molecule has 8 heteroatoms. The molecule has 2 aromatic carbocycles. The fourth-order valence-corrected chi connectivity index (χ4v) is 4.28. The lowest BCUT2D eigenvalue weighted by atomic mass is 10.1. The van der Waals surface area contributed by atoms with Crippen LogP contribution >= 0.6 is 0 Å². The van der Waals surface area contributed by atoms with E-state index in [-0.39, 0.29) is 16.3 Å². The topological polar surface area (TPSA) is 97.4 Å². The molecule has 2 rings (SSSR count). The zero-order valence-electron chi connectivity index (χ0n) is 14.4. The van der Waals surface area contributed by atoms with Crippen LogP contribution in [0, 0.1) is 0 Å². The van der Waals surface area contributed by atoms with Crippen LogP contribution in [0.25, 0.3) is 0 Å². The number of anilines is 1. The van der Waals surface area contributed by atoms with Crippen LogP contribution in [-0.2, 0) is 30.9 Å². The smallest absolute Gasteiger partial charge is 0.239 e. The van der Waals surface area contributed by atoms with Gasteiger partial charge in [-0.25, -0.2) is 16.8 Å². The first-order chi connectivity index (χ1) is 12.2. The van der Waals surface area contributed by atoms with Gasteiger partial charge in [0.15, 0.2) is 19.7 Å². The highest BCUT2D eigenvalue weighted by molar-refractivity contribution is 7.92. The summed E-state index contributed by atoms with van der Waals surface area (Å²) in [4.78, 5) is 12.0. The van der Waals surface area contributed by atoms with Gasteiger partial charge >= 0.3 is 0 Å². The molecule has 140 valence electrons. The maximum atomic E-state index is 12.1. The lowest BCUT2D eigenvalue weighted by molar-refractivity contribution is -0.113. The summed E-state index contributed by atoms with van der Waals surface area (Å²) in [7, 11) is -6.94. The Labute approximate surface area is 154 Å². The van der Waals surface area contributed by atoms with Crippen molar-refractivity contribution in [2.45, 2.75) is 17.7 Å². The molecule has 0 aliphatic rings. The maximum absolute atomic E-state index is 12.1. The summed E-state index contributed by atoms with van der Waals surface area (Å²) < 4.78 is 47.2. The van der Waals surface area contributed by atoms with Gasteiger partial charge in [-0.15, -0.1) is 0 Å². The largest absolute Gasteiger partial charge is 0.325 e. The first kappa shape index (κ1) is 20.1. The molecule has 0 saturated heterocycles. The molecule has 0 aliphatic carbocycles. The highest BCUT2D eigenvalue weighted by Gasteiger charge is 2.17. The first-order valence-electron chi connectivity index (χ1n) is 8.00.